The fraction of sp³-hybridized carbons (Fsp3) is 0.895. The lowest BCUT2D eigenvalue weighted by molar-refractivity contribution is -0.135. The highest BCUT2D eigenvalue weighted by atomic mass is 32.2. The summed E-state index contributed by atoms with van der Waals surface area (Å²) in [5.41, 5.74) is 0. The van der Waals surface area contributed by atoms with E-state index in [1.54, 1.807) is 13.8 Å². The van der Waals surface area contributed by atoms with Crippen molar-refractivity contribution in [2.45, 2.75) is 51.3 Å². The molecular formula is C19H37N5O3S. The summed E-state index contributed by atoms with van der Waals surface area (Å²) >= 11 is 0. The Kier molecular flexibility index (Phi) is 7.73. The van der Waals surface area contributed by atoms with E-state index in [2.05, 4.69) is 20.1 Å². The molecule has 2 aliphatic rings. The van der Waals surface area contributed by atoms with Crippen LogP contribution in [-0.2, 0) is 14.6 Å². The van der Waals surface area contributed by atoms with Gasteiger partial charge in [0.05, 0.1) is 17.3 Å². The molecule has 2 aliphatic heterocycles. The second kappa shape index (κ2) is 9.43. The lowest BCUT2D eigenvalue weighted by Crippen LogP contribution is -2.57. The highest BCUT2D eigenvalue weighted by molar-refractivity contribution is 7.92. The zero-order valence-corrected chi connectivity index (χ0v) is 18.9. The molecule has 0 aromatic rings. The maximum Gasteiger partial charge on any atom is 0.239 e. The van der Waals surface area contributed by atoms with Crippen molar-refractivity contribution in [3.05, 3.63) is 0 Å². The summed E-state index contributed by atoms with van der Waals surface area (Å²) in [5.74, 6) is 0.985. The van der Waals surface area contributed by atoms with Gasteiger partial charge in [-0.15, -0.1) is 0 Å². The fourth-order valence-corrected chi connectivity index (χ4v) is 3.79. The van der Waals surface area contributed by atoms with Gasteiger partial charge >= 0.3 is 0 Å². The first-order valence-electron chi connectivity index (χ1n) is 10.3. The zero-order chi connectivity index (χ0) is 20.9. The average Bonchev–Trinajstić information content (AvgIpc) is 3.18. The first kappa shape index (κ1) is 22.9. The molecule has 0 saturated carbocycles. The van der Waals surface area contributed by atoms with Crippen LogP contribution in [0.25, 0.3) is 0 Å². The van der Waals surface area contributed by atoms with Gasteiger partial charge in [-0.05, 0) is 40.5 Å². The van der Waals surface area contributed by atoms with Crippen molar-refractivity contribution in [2.24, 2.45) is 4.99 Å². The van der Waals surface area contributed by atoms with E-state index in [9.17, 15) is 13.2 Å². The Morgan fingerprint density at radius 2 is 1.64 bits per heavy atom. The van der Waals surface area contributed by atoms with Crippen LogP contribution in [0.3, 0.4) is 0 Å². The van der Waals surface area contributed by atoms with Gasteiger partial charge < -0.3 is 15.1 Å². The lowest BCUT2D eigenvalue weighted by atomic mass is 10.2. The molecule has 0 radical (unpaired) electrons. The largest absolute Gasteiger partial charge is 0.357 e. The van der Waals surface area contributed by atoms with E-state index in [1.165, 1.54) is 6.26 Å². The molecule has 1 amide bonds. The molecule has 8 nitrogen and oxygen atoms in total. The van der Waals surface area contributed by atoms with Crippen LogP contribution >= 0.6 is 0 Å². The van der Waals surface area contributed by atoms with Crippen LogP contribution in [0.4, 0.5) is 0 Å². The van der Waals surface area contributed by atoms with Crippen molar-refractivity contribution >= 4 is 21.7 Å². The van der Waals surface area contributed by atoms with Crippen LogP contribution in [0.5, 0.6) is 0 Å². The SMILES string of the molecule is CCNC(=NCC(C)(C)S(C)(=O)=O)N1CCN(C(C)C(=O)N2CCCC2)CC1. The number of nitrogens with one attached hydrogen (secondary N) is 1. The number of amides is 1. The molecule has 0 spiro atoms. The van der Waals surface area contributed by atoms with Crippen LogP contribution < -0.4 is 5.32 Å². The van der Waals surface area contributed by atoms with Crippen molar-refractivity contribution in [3.63, 3.8) is 0 Å². The lowest BCUT2D eigenvalue weighted by Gasteiger charge is -2.39. The van der Waals surface area contributed by atoms with E-state index < -0.39 is 14.6 Å². The van der Waals surface area contributed by atoms with Crippen molar-refractivity contribution in [3.8, 4) is 0 Å². The van der Waals surface area contributed by atoms with Gasteiger partial charge in [-0.3, -0.25) is 14.7 Å². The molecule has 2 rings (SSSR count). The number of piperazine rings is 1. The third-order valence-electron chi connectivity index (χ3n) is 5.88. The number of carbonyl (C=O) groups excluding carboxylic acids is 1. The Hall–Kier alpha value is -1.35. The van der Waals surface area contributed by atoms with E-state index in [0.717, 1.165) is 64.6 Å². The average molecular weight is 416 g/mol. The summed E-state index contributed by atoms with van der Waals surface area (Å²) < 4.78 is 23.0. The first-order chi connectivity index (χ1) is 13.1. The predicted molar refractivity (Wildman–Crippen MR) is 113 cm³/mol. The van der Waals surface area contributed by atoms with Gasteiger partial charge in [0.25, 0.3) is 0 Å². The van der Waals surface area contributed by atoms with Crippen LogP contribution in [0.15, 0.2) is 4.99 Å². The summed E-state index contributed by atoms with van der Waals surface area (Å²) in [6.45, 7) is 13.3. The molecule has 1 atom stereocenters. The third kappa shape index (κ3) is 5.59. The molecule has 0 bridgehead atoms. The molecular weight excluding hydrogens is 378 g/mol. The normalized spacial score (nSPS) is 21.1. The first-order valence-corrected chi connectivity index (χ1v) is 12.2. The van der Waals surface area contributed by atoms with Crippen molar-refractivity contribution in [1.82, 2.24) is 20.0 Å². The van der Waals surface area contributed by atoms with Crippen molar-refractivity contribution in [1.29, 1.82) is 0 Å². The van der Waals surface area contributed by atoms with Gasteiger partial charge in [0.1, 0.15) is 0 Å². The minimum Gasteiger partial charge on any atom is -0.357 e. The molecule has 162 valence electrons. The number of rotatable bonds is 6. The number of guanidine groups is 1. The summed E-state index contributed by atoms with van der Waals surface area (Å²) in [6, 6.07) is -0.0936. The summed E-state index contributed by atoms with van der Waals surface area (Å²) in [5, 5.41) is 3.28. The molecule has 0 aromatic carbocycles. The monoisotopic (exact) mass is 415 g/mol. The summed E-state index contributed by atoms with van der Waals surface area (Å²) in [6.07, 6.45) is 3.48. The van der Waals surface area contributed by atoms with Gasteiger partial charge in [-0.25, -0.2) is 8.42 Å². The van der Waals surface area contributed by atoms with E-state index in [0.29, 0.717) is 0 Å². The second-order valence-corrected chi connectivity index (χ2v) is 11.1. The Bertz CT molecular complexity index is 663. The Morgan fingerprint density at radius 1 is 1.07 bits per heavy atom. The predicted octanol–water partition coefficient (Wildman–Crippen LogP) is 0.404. The molecule has 0 aliphatic carbocycles. The quantitative estimate of drug-likeness (QED) is 0.499. The molecule has 0 aromatic heterocycles. The minimum atomic E-state index is -3.19. The van der Waals surface area contributed by atoms with E-state index in [-0.39, 0.29) is 18.5 Å². The summed E-state index contributed by atoms with van der Waals surface area (Å²) in [7, 11) is -3.19. The maximum absolute atomic E-state index is 12.6. The Morgan fingerprint density at radius 3 is 2.14 bits per heavy atom. The number of sulfone groups is 1. The number of nitrogens with zero attached hydrogens (tertiary/aromatic N) is 4. The smallest absolute Gasteiger partial charge is 0.239 e. The third-order valence-corrected chi connectivity index (χ3v) is 8.02. The number of aliphatic imine (C=N–C) groups is 1. The van der Waals surface area contributed by atoms with Crippen molar-refractivity contribution in [2.75, 3.05) is 58.6 Å². The van der Waals surface area contributed by atoms with E-state index in [4.69, 9.17) is 0 Å². The van der Waals surface area contributed by atoms with Crippen LogP contribution in [0.1, 0.15) is 40.5 Å². The number of likely N-dealkylation sites (tertiary alicyclic amines) is 1. The van der Waals surface area contributed by atoms with Gasteiger partial charge in [-0.2, -0.15) is 0 Å². The molecule has 2 saturated heterocycles. The van der Waals surface area contributed by atoms with Gasteiger partial charge in [0.15, 0.2) is 15.8 Å². The zero-order valence-electron chi connectivity index (χ0n) is 18.1. The van der Waals surface area contributed by atoms with Gasteiger partial charge in [0.2, 0.25) is 5.91 Å². The molecule has 28 heavy (non-hydrogen) atoms. The number of hydrogen-bond acceptors (Lipinski definition) is 5. The second-order valence-electron chi connectivity index (χ2n) is 8.43. The van der Waals surface area contributed by atoms with Gasteiger partial charge in [0, 0.05) is 52.1 Å². The van der Waals surface area contributed by atoms with Crippen LogP contribution in [-0.4, -0.2) is 104 Å². The minimum absolute atomic E-state index is 0.0936. The van der Waals surface area contributed by atoms with E-state index in [1.807, 2.05) is 18.7 Å². The molecule has 2 heterocycles. The highest BCUT2D eigenvalue weighted by Gasteiger charge is 2.32. The topological polar surface area (TPSA) is 85.3 Å². The molecule has 9 heteroatoms. The standard InChI is InChI=1S/C19H37N5O3S/c1-6-20-18(21-15-19(3,4)28(5,26)27)24-13-11-22(12-14-24)16(2)17(25)23-9-7-8-10-23/h16H,6-15H2,1-5H3,(H,20,21). The number of carbonyl (C=O) groups is 1. The maximum atomic E-state index is 12.6. The highest BCUT2D eigenvalue weighted by Crippen LogP contribution is 2.17. The Balaban J connectivity index is 1.96. The van der Waals surface area contributed by atoms with Crippen molar-refractivity contribution < 1.29 is 13.2 Å². The number of hydrogen-bond donors (Lipinski definition) is 1. The molecule has 2 fully saturated rings. The van der Waals surface area contributed by atoms with Crippen LogP contribution in [0, 0.1) is 0 Å². The summed E-state index contributed by atoms with van der Waals surface area (Å²) in [4.78, 5) is 23.6. The molecule has 1 N–H and O–H groups in total. The van der Waals surface area contributed by atoms with Crippen LogP contribution in [0.2, 0.25) is 0 Å². The Labute approximate surface area is 170 Å². The van der Waals surface area contributed by atoms with Gasteiger partial charge in [-0.1, -0.05) is 0 Å². The molecule has 1 unspecified atom stereocenters. The fourth-order valence-electron chi connectivity index (χ4n) is 3.49. The van der Waals surface area contributed by atoms with E-state index >= 15 is 0 Å².